The van der Waals surface area contributed by atoms with Gasteiger partial charge in [0, 0.05) is 17.9 Å². The van der Waals surface area contributed by atoms with Crippen LogP contribution in [0.15, 0.2) is 60.7 Å². The summed E-state index contributed by atoms with van der Waals surface area (Å²) in [6.07, 6.45) is 3.41. The molecule has 0 unspecified atom stereocenters. The van der Waals surface area contributed by atoms with E-state index in [4.69, 9.17) is 0 Å². The molecular weight excluding hydrogens is 272 g/mol. The molecule has 0 amide bonds. The second kappa shape index (κ2) is 6.69. The fourth-order valence-corrected chi connectivity index (χ4v) is 3.37. The quantitative estimate of drug-likeness (QED) is 0.782. The number of ketones is 2. The minimum atomic E-state index is -0.351. The van der Waals surface area contributed by atoms with Crippen molar-refractivity contribution in [2.45, 2.75) is 31.6 Å². The van der Waals surface area contributed by atoms with Crippen molar-refractivity contribution in [2.75, 3.05) is 0 Å². The zero-order valence-electron chi connectivity index (χ0n) is 12.6. The number of rotatable bonds is 4. The molecule has 0 heterocycles. The van der Waals surface area contributed by atoms with Gasteiger partial charge in [-0.3, -0.25) is 9.59 Å². The molecule has 1 fully saturated rings. The average molecular weight is 292 g/mol. The molecule has 2 heteroatoms. The molecule has 1 aliphatic carbocycles. The summed E-state index contributed by atoms with van der Waals surface area (Å²) in [4.78, 5) is 25.4. The van der Waals surface area contributed by atoms with Crippen molar-refractivity contribution in [3.8, 4) is 0 Å². The third-order valence-electron chi connectivity index (χ3n) is 4.50. The molecule has 2 aromatic rings. The Bertz CT molecular complexity index is 646. The van der Waals surface area contributed by atoms with Crippen LogP contribution in [0.3, 0.4) is 0 Å². The number of hydrogen-bond acceptors (Lipinski definition) is 2. The van der Waals surface area contributed by atoms with Crippen molar-refractivity contribution in [3.63, 3.8) is 0 Å². The van der Waals surface area contributed by atoms with E-state index in [-0.39, 0.29) is 23.4 Å². The van der Waals surface area contributed by atoms with Gasteiger partial charge >= 0.3 is 0 Å². The van der Waals surface area contributed by atoms with E-state index in [1.165, 1.54) is 0 Å². The van der Waals surface area contributed by atoms with Crippen molar-refractivity contribution in [1.82, 2.24) is 0 Å². The van der Waals surface area contributed by atoms with Gasteiger partial charge in [0.15, 0.2) is 5.78 Å². The minimum absolute atomic E-state index is 0.0621. The first kappa shape index (κ1) is 14.7. The summed E-state index contributed by atoms with van der Waals surface area (Å²) in [6, 6.07) is 19.1. The second-order valence-corrected chi connectivity index (χ2v) is 5.94. The van der Waals surface area contributed by atoms with E-state index in [1.54, 1.807) is 0 Å². The molecule has 2 atom stereocenters. The standard InChI is InChI=1S/C20H20O2/c21-18-14-8-7-13-17(18)19(15-9-3-1-4-10-15)20(22)16-11-5-2-6-12-16/h1-6,9-12,17,19H,7-8,13-14H2/t17-,19-/m0/s1. The second-order valence-electron chi connectivity index (χ2n) is 5.94. The first-order chi connectivity index (χ1) is 10.8. The van der Waals surface area contributed by atoms with E-state index in [1.807, 2.05) is 60.7 Å². The predicted octanol–water partition coefficient (Wildman–Crippen LogP) is 4.41. The third kappa shape index (κ3) is 3.01. The van der Waals surface area contributed by atoms with Crippen molar-refractivity contribution < 1.29 is 9.59 Å². The Hall–Kier alpha value is -2.22. The van der Waals surface area contributed by atoms with Gasteiger partial charge < -0.3 is 0 Å². The first-order valence-corrected chi connectivity index (χ1v) is 7.94. The lowest BCUT2D eigenvalue weighted by Gasteiger charge is -2.28. The molecule has 0 radical (unpaired) electrons. The fraction of sp³-hybridized carbons (Fsp3) is 0.300. The smallest absolute Gasteiger partial charge is 0.171 e. The van der Waals surface area contributed by atoms with Crippen LogP contribution in [0.1, 0.15) is 47.5 Å². The van der Waals surface area contributed by atoms with Crippen molar-refractivity contribution in [1.29, 1.82) is 0 Å². The summed E-state index contributed by atoms with van der Waals surface area (Å²) >= 11 is 0. The van der Waals surface area contributed by atoms with Crippen molar-refractivity contribution >= 4 is 11.6 Å². The highest BCUT2D eigenvalue weighted by Gasteiger charge is 2.36. The Kier molecular flexibility index (Phi) is 4.47. The Morgan fingerprint density at radius 2 is 1.55 bits per heavy atom. The SMILES string of the molecule is O=C1CCCC[C@@H]1[C@@H](C(=O)c1ccccc1)c1ccccc1. The van der Waals surface area contributed by atoms with Gasteiger partial charge in [-0.25, -0.2) is 0 Å². The van der Waals surface area contributed by atoms with Crippen LogP contribution in [0, 0.1) is 5.92 Å². The molecule has 2 nitrogen and oxygen atoms in total. The van der Waals surface area contributed by atoms with Gasteiger partial charge in [0.05, 0.1) is 5.92 Å². The van der Waals surface area contributed by atoms with Crippen LogP contribution in [0.5, 0.6) is 0 Å². The Balaban J connectivity index is 1.99. The maximum absolute atomic E-state index is 13.0. The fourth-order valence-electron chi connectivity index (χ4n) is 3.37. The molecule has 0 bridgehead atoms. The third-order valence-corrected chi connectivity index (χ3v) is 4.50. The van der Waals surface area contributed by atoms with Gasteiger partial charge in [0.25, 0.3) is 0 Å². The van der Waals surface area contributed by atoms with Crippen molar-refractivity contribution in [2.24, 2.45) is 5.92 Å². The van der Waals surface area contributed by atoms with Crippen molar-refractivity contribution in [3.05, 3.63) is 71.8 Å². The predicted molar refractivity (Wildman–Crippen MR) is 86.9 cm³/mol. The van der Waals surface area contributed by atoms with Crippen LogP contribution in [0.4, 0.5) is 0 Å². The number of hydrogen-bond donors (Lipinski definition) is 0. The molecule has 2 aromatic carbocycles. The van der Waals surface area contributed by atoms with E-state index in [9.17, 15) is 9.59 Å². The molecule has 112 valence electrons. The molecule has 0 N–H and O–H groups in total. The lowest BCUT2D eigenvalue weighted by atomic mass is 9.73. The van der Waals surface area contributed by atoms with Gasteiger partial charge in [-0.2, -0.15) is 0 Å². The molecule has 0 spiro atoms. The van der Waals surface area contributed by atoms with E-state index in [2.05, 4.69) is 0 Å². The first-order valence-electron chi connectivity index (χ1n) is 7.94. The average Bonchev–Trinajstić information content (AvgIpc) is 2.58. The number of carbonyl (C=O) groups excluding carboxylic acids is 2. The highest BCUT2D eigenvalue weighted by Crippen LogP contribution is 2.36. The van der Waals surface area contributed by atoms with E-state index in [0.717, 1.165) is 24.8 Å². The Labute approximate surface area is 131 Å². The summed E-state index contributed by atoms with van der Waals surface area (Å²) in [5.74, 6) is -0.225. The monoisotopic (exact) mass is 292 g/mol. The van der Waals surface area contributed by atoms with Crippen LogP contribution < -0.4 is 0 Å². The highest BCUT2D eigenvalue weighted by molar-refractivity contribution is 6.04. The maximum Gasteiger partial charge on any atom is 0.171 e. The van der Waals surface area contributed by atoms with E-state index >= 15 is 0 Å². The van der Waals surface area contributed by atoms with Crippen LogP contribution in [0.2, 0.25) is 0 Å². The van der Waals surface area contributed by atoms with Gasteiger partial charge in [-0.05, 0) is 18.4 Å². The molecule has 1 saturated carbocycles. The van der Waals surface area contributed by atoms with Crippen LogP contribution >= 0.6 is 0 Å². The van der Waals surface area contributed by atoms with Gasteiger partial charge in [0.2, 0.25) is 0 Å². The van der Waals surface area contributed by atoms with E-state index < -0.39 is 0 Å². The molecule has 1 aliphatic rings. The summed E-state index contributed by atoms with van der Waals surface area (Å²) < 4.78 is 0. The molecule has 22 heavy (non-hydrogen) atoms. The summed E-state index contributed by atoms with van der Waals surface area (Å²) in [7, 11) is 0. The topological polar surface area (TPSA) is 34.1 Å². The van der Waals surface area contributed by atoms with Crippen LogP contribution in [-0.2, 0) is 4.79 Å². The van der Waals surface area contributed by atoms with Gasteiger partial charge in [0.1, 0.15) is 5.78 Å². The molecular formula is C20H20O2. The zero-order valence-corrected chi connectivity index (χ0v) is 12.6. The Morgan fingerprint density at radius 1 is 0.909 bits per heavy atom. The Morgan fingerprint density at radius 3 is 2.18 bits per heavy atom. The zero-order chi connectivity index (χ0) is 15.4. The lowest BCUT2D eigenvalue weighted by Crippen LogP contribution is -2.30. The number of carbonyl (C=O) groups is 2. The molecule has 0 aromatic heterocycles. The summed E-state index contributed by atoms with van der Waals surface area (Å²) in [6.45, 7) is 0. The molecule has 3 rings (SSSR count). The summed E-state index contributed by atoms with van der Waals surface area (Å²) in [5.41, 5.74) is 1.64. The van der Waals surface area contributed by atoms with Gasteiger partial charge in [-0.15, -0.1) is 0 Å². The highest BCUT2D eigenvalue weighted by atomic mass is 16.1. The summed E-state index contributed by atoms with van der Waals surface area (Å²) in [5, 5.41) is 0. The largest absolute Gasteiger partial charge is 0.299 e. The van der Waals surface area contributed by atoms with Crippen LogP contribution in [-0.4, -0.2) is 11.6 Å². The lowest BCUT2D eigenvalue weighted by molar-refractivity contribution is -0.125. The molecule has 0 saturated heterocycles. The van der Waals surface area contributed by atoms with Crippen LogP contribution in [0.25, 0.3) is 0 Å². The normalized spacial score (nSPS) is 19.6. The number of benzene rings is 2. The van der Waals surface area contributed by atoms with E-state index in [0.29, 0.717) is 12.0 Å². The molecule has 0 aliphatic heterocycles. The number of Topliss-reactive ketones (excluding diaryl/α,β-unsaturated/α-hetero) is 2. The minimum Gasteiger partial charge on any atom is -0.299 e. The maximum atomic E-state index is 13.0. The van der Waals surface area contributed by atoms with Gasteiger partial charge in [-0.1, -0.05) is 67.1 Å².